The molecule has 5 nitrogen and oxygen atoms in total. The van der Waals surface area contributed by atoms with Crippen molar-refractivity contribution in [1.82, 2.24) is 9.97 Å². The molecule has 0 saturated carbocycles. The molecular formula is C18H20N2O3. The molecular weight excluding hydrogens is 292 g/mol. The van der Waals surface area contributed by atoms with E-state index in [9.17, 15) is 4.79 Å². The molecule has 120 valence electrons. The molecule has 0 aliphatic rings. The van der Waals surface area contributed by atoms with Gasteiger partial charge in [0.2, 0.25) is 0 Å². The Bertz CT molecular complexity index is 612. The maximum atomic E-state index is 10.8. The second-order valence-corrected chi connectivity index (χ2v) is 4.89. The molecule has 23 heavy (non-hydrogen) atoms. The fourth-order valence-electron chi connectivity index (χ4n) is 1.93. The van der Waals surface area contributed by atoms with Gasteiger partial charge in [-0.15, -0.1) is 0 Å². The van der Waals surface area contributed by atoms with Crippen LogP contribution in [0.4, 0.5) is 0 Å². The van der Waals surface area contributed by atoms with Gasteiger partial charge in [0.25, 0.3) is 0 Å². The summed E-state index contributed by atoms with van der Waals surface area (Å²) in [4.78, 5) is 19.4. The first-order chi connectivity index (χ1) is 11.3. The number of unbranched alkanes of at least 4 members (excludes halogenated alkanes) is 2. The molecule has 0 radical (unpaired) electrons. The molecule has 1 heterocycles. The Morgan fingerprint density at radius 2 is 1.74 bits per heavy atom. The topological polar surface area (TPSA) is 61.3 Å². The van der Waals surface area contributed by atoms with Gasteiger partial charge in [-0.1, -0.05) is 36.9 Å². The van der Waals surface area contributed by atoms with E-state index in [1.807, 2.05) is 30.3 Å². The summed E-state index contributed by atoms with van der Waals surface area (Å²) in [6, 6.07) is 9.80. The van der Waals surface area contributed by atoms with Gasteiger partial charge in [0.15, 0.2) is 11.6 Å². The van der Waals surface area contributed by atoms with Crippen LogP contribution in [0, 0.1) is 0 Å². The predicted octanol–water partition coefficient (Wildman–Crippen LogP) is 3.42. The largest absolute Gasteiger partial charge is 0.490 e. The molecule has 2 rings (SSSR count). The number of nitrogens with zero attached hydrogens (tertiary/aromatic N) is 2. The van der Waals surface area contributed by atoms with E-state index in [-0.39, 0.29) is 5.97 Å². The van der Waals surface area contributed by atoms with Crippen LogP contribution in [0.15, 0.2) is 55.4 Å². The van der Waals surface area contributed by atoms with Gasteiger partial charge in [-0.2, -0.15) is 0 Å². The highest BCUT2D eigenvalue weighted by Gasteiger charge is 2.01. The van der Waals surface area contributed by atoms with Gasteiger partial charge in [-0.3, -0.25) is 0 Å². The lowest BCUT2D eigenvalue weighted by molar-refractivity contribution is -0.137. The Labute approximate surface area is 136 Å². The number of aromatic nitrogens is 2. The van der Waals surface area contributed by atoms with Crippen LogP contribution in [0.2, 0.25) is 0 Å². The number of carbonyl (C=O) groups excluding carboxylic acids is 1. The first-order valence-corrected chi connectivity index (χ1v) is 7.59. The van der Waals surface area contributed by atoms with E-state index < -0.39 is 0 Å². The molecule has 0 aliphatic carbocycles. The van der Waals surface area contributed by atoms with Crippen molar-refractivity contribution in [3.05, 3.63) is 55.4 Å². The summed E-state index contributed by atoms with van der Waals surface area (Å²) in [7, 11) is 0. The molecule has 0 spiro atoms. The van der Waals surface area contributed by atoms with E-state index in [2.05, 4.69) is 16.5 Å². The third-order valence-electron chi connectivity index (χ3n) is 3.13. The summed E-state index contributed by atoms with van der Waals surface area (Å²) in [6.07, 6.45) is 7.15. The summed E-state index contributed by atoms with van der Waals surface area (Å²) in [5.41, 5.74) is 0.980. The van der Waals surface area contributed by atoms with Crippen molar-refractivity contribution < 1.29 is 14.3 Å². The van der Waals surface area contributed by atoms with E-state index in [0.29, 0.717) is 24.8 Å². The van der Waals surface area contributed by atoms with Gasteiger partial charge >= 0.3 is 5.97 Å². The molecule has 1 aromatic carbocycles. The van der Waals surface area contributed by atoms with Crippen molar-refractivity contribution in [2.45, 2.75) is 19.3 Å². The first-order valence-electron chi connectivity index (χ1n) is 7.59. The molecule has 0 fully saturated rings. The summed E-state index contributed by atoms with van der Waals surface area (Å²) in [6.45, 7) is 4.34. The lowest BCUT2D eigenvalue weighted by Crippen LogP contribution is -2.03. The first kappa shape index (κ1) is 16.7. The summed E-state index contributed by atoms with van der Waals surface area (Å²) >= 11 is 0. The number of ether oxygens (including phenoxy) is 2. The maximum Gasteiger partial charge on any atom is 0.330 e. The number of hydrogen-bond acceptors (Lipinski definition) is 5. The molecule has 1 aromatic heterocycles. The van der Waals surface area contributed by atoms with Gasteiger partial charge in [0.1, 0.15) is 0 Å². The van der Waals surface area contributed by atoms with Crippen LogP contribution in [-0.2, 0) is 9.53 Å². The lowest BCUT2D eigenvalue weighted by atomic mass is 10.2. The van der Waals surface area contributed by atoms with Gasteiger partial charge in [0.05, 0.1) is 25.6 Å². The van der Waals surface area contributed by atoms with Crippen LogP contribution in [-0.4, -0.2) is 29.2 Å². The minimum atomic E-state index is -0.378. The molecule has 5 heteroatoms. The highest BCUT2D eigenvalue weighted by atomic mass is 16.5. The molecule has 0 aliphatic heterocycles. The summed E-state index contributed by atoms with van der Waals surface area (Å²) < 4.78 is 10.5. The van der Waals surface area contributed by atoms with Crippen LogP contribution in [0.25, 0.3) is 11.4 Å². The second-order valence-electron chi connectivity index (χ2n) is 4.89. The zero-order valence-corrected chi connectivity index (χ0v) is 13.0. The minimum Gasteiger partial charge on any atom is -0.490 e. The minimum absolute atomic E-state index is 0.378. The summed E-state index contributed by atoms with van der Waals surface area (Å²) in [5.74, 6) is 0.960. The van der Waals surface area contributed by atoms with Crippen LogP contribution >= 0.6 is 0 Å². The zero-order chi connectivity index (χ0) is 16.3. The fourth-order valence-corrected chi connectivity index (χ4v) is 1.93. The number of esters is 1. The Balaban J connectivity index is 1.65. The van der Waals surface area contributed by atoms with E-state index in [4.69, 9.17) is 9.47 Å². The van der Waals surface area contributed by atoms with Crippen LogP contribution in [0.5, 0.6) is 5.75 Å². The molecule has 0 amide bonds. The second kappa shape index (κ2) is 9.35. The number of benzene rings is 1. The van der Waals surface area contributed by atoms with E-state index in [0.717, 1.165) is 24.8 Å². The Kier molecular flexibility index (Phi) is 6.78. The van der Waals surface area contributed by atoms with Crippen molar-refractivity contribution in [3.8, 4) is 17.1 Å². The number of hydrogen-bond donors (Lipinski definition) is 0. The van der Waals surface area contributed by atoms with Crippen LogP contribution < -0.4 is 4.74 Å². The van der Waals surface area contributed by atoms with Crippen LogP contribution in [0.3, 0.4) is 0 Å². The standard InChI is InChI=1S/C18H20N2O3/c1-2-17(21)23-12-8-4-7-11-22-16-13-19-18(20-14-16)15-9-5-3-6-10-15/h2-3,5-6,9-10,13-14H,1,4,7-8,11-12H2. The molecule has 0 unspecified atom stereocenters. The molecule has 0 N–H and O–H groups in total. The average molecular weight is 312 g/mol. The molecule has 0 atom stereocenters. The highest BCUT2D eigenvalue weighted by Crippen LogP contribution is 2.16. The van der Waals surface area contributed by atoms with Crippen molar-refractivity contribution in [3.63, 3.8) is 0 Å². The van der Waals surface area contributed by atoms with Gasteiger partial charge < -0.3 is 9.47 Å². The molecule has 0 saturated heterocycles. The van der Waals surface area contributed by atoms with Crippen molar-refractivity contribution in [1.29, 1.82) is 0 Å². The predicted molar refractivity (Wildman–Crippen MR) is 88.0 cm³/mol. The third-order valence-corrected chi connectivity index (χ3v) is 3.13. The smallest absolute Gasteiger partial charge is 0.330 e. The van der Waals surface area contributed by atoms with E-state index in [1.54, 1.807) is 12.4 Å². The zero-order valence-electron chi connectivity index (χ0n) is 13.0. The fraction of sp³-hybridized carbons (Fsp3) is 0.278. The Morgan fingerprint density at radius 1 is 1.04 bits per heavy atom. The van der Waals surface area contributed by atoms with Crippen molar-refractivity contribution in [2.75, 3.05) is 13.2 Å². The summed E-state index contributed by atoms with van der Waals surface area (Å²) in [5, 5.41) is 0. The Hall–Kier alpha value is -2.69. The van der Waals surface area contributed by atoms with Gasteiger partial charge in [-0.25, -0.2) is 14.8 Å². The maximum absolute atomic E-state index is 10.8. The lowest BCUT2D eigenvalue weighted by Gasteiger charge is -2.06. The van der Waals surface area contributed by atoms with Crippen LogP contribution in [0.1, 0.15) is 19.3 Å². The van der Waals surface area contributed by atoms with E-state index >= 15 is 0 Å². The van der Waals surface area contributed by atoms with E-state index in [1.165, 1.54) is 6.08 Å². The quantitative estimate of drug-likeness (QED) is 0.403. The van der Waals surface area contributed by atoms with Gasteiger partial charge in [0, 0.05) is 11.6 Å². The monoisotopic (exact) mass is 312 g/mol. The number of carbonyl (C=O) groups is 1. The van der Waals surface area contributed by atoms with Crippen molar-refractivity contribution >= 4 is 5.97 Å². The van der Waals surface area contributed by atoms with Gasteiger partial charge in [-0.05, 0) is 19.3 Å². The normalized spacial score (nSPS) is 10.1. The average Bonchev–Trinajstić information content (AvgIpc) is 2.62. The Morgan fingerprint density at radius 3 is 2.43 bits per heavy atom. The van der Waals surface area contributed by atoms with Crippen molar-refractivity contribution in [2.24, 2.45) is 0 Å². The highest BCUT2D eigenvalue weighted by molar-refractivity contribution is 5.81. The SMILES string of the molecule is C=CC(=O)OCCCCCOc1cnc(-c2ccccc2)nc1. The molecule has 2 aromatic rings. The number of rotatable bonds is 9. The molecule has 0 bridgehead atoms. The third kappa shape index (κ3) is 5.90.